The molecule has 0 fully saturated rings. The first-order chi connectivity index (χ1) is 9.25. The summed E-state index contributed by atoms with van der Waals surface area (Å²) >= 11 is 2.85. The summed E-state index contributed by atoms with van der Waals surface area (Å²) in [5.74, 6) is -0.620. The number of carbonyl (C=O) groups excluding carboxylic acids is 2. The molecule has 0 aliphatic rings. The fourth-order valence-corrected chi connectivity index (χ4v) is 2.45. The van der Waals surface area contributed by atoms with Gasteiger partial charge in [-0.15, -0.1) is 22.7 Å². The molecule has 2 amide bonds. The lowest BCUT2D eigenvalue weighted by molar-refractivity contribution is -0.120. The molecular formula is C12H11N3O2S2. The lowest BCUT2D eigenvalue weighted by Crippen LogP contribution is -2.34. The SMILES string of the molecule is O=C(CNC(=O)c1cccs1)N/N=C/c1cccs1. The first-order valence-electron chi connectivity index (χ1n) is 5.43. The second-order valence-corrected chi connectivity index (χ2v) is 5.40. The minimum absolute atomic E-state index is 0.0987. The van der Waals surface area contributed by atoms with Gasteiger partial charge < -0.3 is 5.32 Å². The van der Waals surface area contributed by atoms with Gasteiger partial charge in [-0.25, -0.2) is 5.43 Å². The second-order valence-electron chi connectivity index (χ2n) is 3.47. The minimum atomic E-state index is -0.363. The Labute approximate surface area is 118 Å². The van der Waals surface area contributed by atoms with Crippen molar-refractivity contribution in [1.82, 2.24) is 10.7 Å². The Kier molecular flexibility index (Phi) is 4.82. The third kappa shape index (κ3) is 4.31. The first-order valence-corrected chi connectivity index (χ1v) is 7.19. The Morgan fingerprint density at radius 2 is 2.00 bits per heavy atom. The van der Waals surface area contributed by atoms with E-state index >= 15 is 0 Å². The molecule has 2 rings (SSSR count). The number of amides is 2. The van der Waals surface area contributed by atoms with Gasteiger partial charge in [0.2, 0.25) is 0 Å². The van der Waals surface area contributed by atoms with Gasteiger partial charge >= 0.3 is 0 Å². The van der Waals surface area contributed by atoms with E-state index in [9.17, 15) is 9.59 Å². The largest absolute Gasteiger partial charge is 0.342 e. The number of nitrogens with one attached hydrogen (secondary N) is 2. The summed E-state index contributed by atoms with van der Waals surface area (Å²) in [4.78, 5) is 24.5. The standard InChI is InChI=1S/C12H11N3O2S2/c16-11(15-14-7-9-3-1-5-18-9)8-13-12(17)10-4-2-6-19-10/h1-7H,8H2,(H,13,17)(H,15,16)/b14-7+. The average Bonchev–Trinajstić information content (AvgIpc) is 3.08. The van der Waals surface area contributed by atoms with E-state index in [1.54, 1.807) is 23.7 Å². The van der Waals surface area contributed by atoms with Gasteiger partial charge in [0.15, 0.2) is 0 Å². The van der Waals surface area contributed by atoms with Crippen LogP contribution in [-0.4, -0.2) is 24.6 Å². The van der Waals surface area contributed by atoms with Crippen molar-refractivity contribution in [2.24, 2.45) is 5.10 Å². The second kappa shape index (κ2) is 6.81. The van der Waals surface area contributed by atoms with E-state index in [1.165, 1.54) is 22.7 Å². The number of nitrogens with zero attached hydrogens (tertiary/aromatic N) is 1. The highest BCUT2D eigenvalue weighted by Gasteiger charge is 2.07. The van der Waals surface area contributed by atoms with Crippen molar-refractivity contribution in [3.05, 3.63) is 44.8 Å². The van der Waals surface area contributed by atoms with Crippen LogP contribution in [0.25, 0.3) is 0 Å². The van der Waals surface area contributed by atoms with E-state index in [4.69, 9.17) is 0 Å². The van der Waals surface area contributed by atoms with E-state index in [-0.39, 0.29) is 18.4 Å². The van der Waals surface area contributed by atoms with E-state index < -0.39 is 0 Å². The maximum Gasteiger partial charge on any atom is 0.261 e. The van der Waals surface area contributed by atoms with Crippen LogP contribution in [0.15, 0.2) is 40.1 Å². The quantitative estimate of drug-likeness (QED) is 0.650. The molecule has 0 spiro atoms. The molecule has 7 heteroatoms. The van der Waals surface area contributed by atoms with Crippen LogP contribution in [0.4, 0.5) is 0 Å². The summed E-state index contributed by atoms with van der Waals surface area (Å²) < 4.78 is 0. The fourth-order valence-electron chi connectivity index (χ4n) is 1.23. The van der Waals surface area contributed by atoms with Crippen LogP contribution in [0.3, 0.4) is 0 Å². The lowest BCUT2D eigenvalue weighted by Gasteiger charge is -2.01. The van der Waals surface area contributed by atoms with Gasteiger partial charge in [-0.3, -0.25) is 9.59 Å². The Bertz CT molecular complexity index is 562. The number of rotatable bonds is 5. The molecule has 0 radical (unpaired) electrons. The number of hydrazone groups is 1. The molecule has 0 aliphatic carbocycles. The molecule has 0 atom stereocenters. The van der Waals surface area contributed by atoms with E-state index in [2.05, 4.69) is 15.8 Å². The summed E-state index contributed by atoms with van der Waals surface area (Å²) in [6.07, 6.45) is 1.56. The Morgan fingerprint density at radius 1 is 1.21 bits per heavy atom. The molecule has 0 aromatic carbocycles. The molecule has 0 saturated carbocycles. The molecule has 2 aromatic heterocycles. The fraction of sp³-hybridized carbons (Fsp3) is 0.0833. The van der Waals surface area contributed by atoms with Crippen molar-refractivity contribution < 1.29 is 9.59 Å². The van der Waals surface area contributed by atoms with Gasteiger partial charge in [-0.05, 0) is 22.9 Å². The number of carbonyl (C=O) groups is 2. The maximum absolute atomic E-state index is 11.6. The summed E-state index contributed by atoms with van der Waals surface area (Å²) in [6.45, 7) is -0.0987. The zero-order chi connectivity index (χ0) is 13.5. The van der Waals surface area contributed by atoms with Crippen molar-refractivity contribution in [3.63, 3.8) is 0 Å². The highest BCUT2D eigenvalue weighted by atomic mass is 32.1. The molecule has 98 valence electrons. The molecule has 0 bridgehead atoms. The summed E-state index contributed by atoms with van der Waals surface area (Å²) in [5, 5.41) is 10.0. The summed E-state index contributed by atoms with van der Waals surface area (Å²) in [5.41, 5.74) is 2.35. The molecule has 2 N–H and O–H groups in total. The molecule has 0 aliphatic heterocycles. The number of hydrogen-bond donors (Lipinski definition) is 2. The third-order valence-electron chi connectivity index (χ3n) is 2.08. The van der Waals surface area contributed by atoms with Gasteiger partial charge in [-0.2, -0.15) is 5.10 Å². The smallest absolute Gasteiger partial charge is 0.261 e. The highest BCUT2D eigenvalue weighted by molar-refractivity contribution is 7.12. The molecule has 0 unspecified atom stereocenters. The maximum atomic E-state index is 11.6. The number of hydrogen-bond acceptors (Lipinski definition) is 5. The zero-order valence-electron chi connectivity index (χ0n) is 9.83. The Balaban J connectivity index is 1.71. The third-order valence-corrected chi connectivity index (χ3v) is 3.75. The van der Waals surface area contributed by atoms with Crippen molar-refractivity contribution in [2.75, 3.05) is 6.54 Å². The summed E-state index contributed by atoms with van der Waals surface area (Å²) in [6, 6.07) is 7.27. The summed E-state index contributed by atoms with van der Waals surface area (Å²) in [7, 11) is 0. The van der Waals surface area contributed by atoms with Crippen molar-refractivity contribution in [2.45, 2.75) is 0 Å². The minimum Gasteiger partial charge on any atom is -0.342 e. The Morgan fingerprint density at radius 3 is 2.68 bits per heavy atom. The van der Waals surface area contributed by atoms with Crippen molar-refractivity contribution in [1.29, 1.82) is 0 Å². The van der Waals surface area contributed by atoms with E-state index in [0.29, 0.717) is 4.88 Å². The van der Waals surface area contributed by atoms with E-state index in [0.717, 1.165) is 4.88 Å². The van der Waals surface area contributed by atoms with Crippen LogP contribution in [0, 0.1) is 0 Å². The molecule has 0 saturated heterocycles. The first kappa shape index (κ1) is 13.4. The average molecular weight is 293 g/mol. The molecule has 5 nitrogen and oxygen atoms in total. The van der Waals surface area contributed by atoms with Crippen LogP contribution in [0.2, 0.25) is 0 Å². The molecule has 19 heavy (non-hydrogen) atoms. The van der Waals surface area contributed by atoms with Gasteiger partial charge in [0, 0.05) is 4.88 Å². The van der Waals surface area contributed by atoms with Crippen LogP contribution >= 0.6 is 22.7 Å². The topological polar surface area (TPSA) is 70.6 Å². The normalized spacial score (nSPS) is 10.5. The predicted octanol–water partition coefficient (Wildman–Crippen LogP) is 1.69. The molecule has 2 aromatic rings. The van der Waals surface area contributed by atoms with Crippen LogP contribution in [0.5, 0.6) is 0 Å². The molecular weight excluding hydrogens is 282 g/mol. The number of thiophene rings is 2. The predicted molar refractivity (Wildman–Crippen MR) is 76.7 cm³/mol. The lowest BCUT2D eigenvalue weighted by atomic mass is 10.4. The van der Waals surface area contributed by atoms with Crippen LogP contribution < -0.4 is 10.7 Å². The van der Waals surface area contributed by atoms with Gasteiger partial charge in [0.05, 0.1) is 17.6 Å². The van der Waals surface area contributed by atoms with Gasteiger partial charge in [0.1, 0.15) is 0 Å². The van der Waals surface area contributed by atoms with Crippen LogP contribution in [0.1, 0.15) is 14.5 Å². The highest BCUT2D eigenvalue weighted by Crippen LogP contribution is 2.07. The van der Waals surface area contributed by atoms with Gasteiger partial charge in [0.25, 0.3) is 11.8 Å². The van der Waals surface area contributed by atoms with Crippen molar-refractivity contribution >= 4 is 40.7 Å². The zero-order valence-corrected chi connectivity index (χ0v) is 11.5. The monoisotopic (exact) mass is 293 g/mol. The van der Waals surface area contributed by atoms with E-state index in [1.807, 2.05) is 17.5 Å². The Hall–Kier alpha value is -1.99. The van der Waals surface area contributed by atoms with Gasteiger partial charge in [-0.1, -0.05) is 12.1 Å². The molecule has 2 heterocycles. The van der Waals surface area contributed by atoms with Crippen LogP contribution in [-0.2, 0) is 4.79 Å². The van der Waals surface area contributed by atoms with Crippen molar-refractivity contribution in [3.8, 4) is 0 Å².